The van der Waals surface area contributed by atoms with Crippen molar-refractivity contribution in [2.45, 2.75) is 37.6 Å². The second-order valence-corrected chi connectivity index (χ2v) is 9.59. The van der Waals surface area contributed by atoms with Gasteiger partial charge >= 0.3 is 0 Å². The van der Waals surface area contributed by atoms with Gasteiger partial charge in [0.2, 0.25) is 10.0 Å². The highest BCUT2D eigenvalue weighted by Gasteiger charge is 2.29. The smallest absolute Gasteiger partial charge is 0.243 e. The maximum Gasteiger partial charge on any atom is 0.243 e. The van der Waals surface area contributed by atoms with E-state index in [0.29, 0.717) is 24.0 Å². The largest absolute Gasteiger partial charge is 0.382 e. The Hall–Kier alpha value is -2.37. The number of aryl methyl sites for hydroxylation is 2. The molecule has 1 fully saturated rings. The zero-order valence-corrected chi connectivity index (χ0v) is 17.2. The second-order valence-electron chi connectivity index (χ2n) is 7.65. The number of hydrogen-bond acceptors (Lipinski definition) is 3. The molecule has 0 atom stereocenters. The van der Waals surface area contributed by atoms with E-state index in [2.05, 4.69) is 37.4 Å². The summed E-state index contributed by atoms with van der Waals surface area (Å²) in [4.78, 5) is 0.382. The third kappa shape index (κ3) is 3.77. The Balaban J connectivity index is 1.46. The van der Waals surface area contributed by atoms with E-state index in [1.54, 1.807) is 16.4 Å². The van der Waals surface area contributed by atoms with Gasteiger partial charge in [0.05, 0.1) is 4.90 Å². The normalized spacial score (nSPS) is 16.4. The van der Waals surface area contributed by atoms with E-state index in [1.807, 2.05) is 30.3 Å². The predicted molar refractivity (Wildman–Crippen MR) is 115 cm³/mol. The van der Waals surface area contributed by atoms with Crippen LogP contribution in [0.3, 0.4) is 0 Å². The lowest BCUT2D eigenvalue weighted by molar-refractivity contribution is 0.329. The molecule has 4 rings (SSSR count). The Kier molecular flexibility index (Phi) is 5.13. The highest BCUT2D eigenvalue weighted by atomic mass is 32.2. The van der Waals surface area contributed by atoms with E-state index in [0.717, 1.165) is 29.3 Å². The van der Waals surface area contributed by atoms with Crippen molar-refractivity contribution < 1.29 is 8.42 Å². The molecule has 146 valence electrons. The monoisotopic (exact) mass is 394 g/mol. The number of nitrogens with zero attached hydrogens (tertiary/aromatic N) is 1. The molecule has 4 nitrogen and oxygen atoms in total. The van der Waals surface area contributed by atoms with Crippen LogP contribution in [-0.2, 0) is 10.0 Å². The van der Waals surface area contributed by atoms with Gasteiger partial charge < -0.3 is 5.32 Å². The molecule has 0 aromatic heterocycles. The molecule has 1 saturated heterocycles. The molecule has 3 aromatic carbocycles. The maximum absolute atomic E-state index is 13.1. The molecule has 0 aliphatic carbocycles. The van der Waals surface area contributed by atoms with Crippen LogP contribution < -0.4 is 5.32 Å². The minimum Gasteiger partial charge on any atom is -0.382 e. The number of nitrogens with one attached hydrogen (secondary N) is 1. The predicted octanol–water partition coefficient (Wildman–Crippen LogP) is 4.72. The molecule has 0 amide bonds. The van der Waals surface area contributed by atoms with Gasteiger partial charge in [0.1, 0.15) is 0 Å². The molecule has 1 aliphatic heterocycles. The van der Waals surface area contributed by atoms with Crippen LogP contribution in [0, 0.1) is 13.8 Å². The maximum atomic E-state index is 13.1. The number of rotatable bonds is 4. The third-order valence-electron chi connectivity index (χ3n) is 5.57. The van der Waals surface area contributed by atoms with Crippen LogP contribution in [0.25, 0.3) is 10.8 Å². The first kappa shape index (κ1) is 19.0. The fourth-order valence-corrected chi connectivity index (χ4v) is 5.33. The number of fused-ring (bicyclic) bond motifs is 1. The summed E-state index contributed by atoms with van der Waals surface area (Å²) in [7, 11) is -3.46. The van der Waals surface area contributed by atoms with Crippen molar-refractivity contribution in [2.75, 3.05) is 18.4 Å². The molecule has 1 aliphatic rings. The molecule has 28 heavy (non-hydrogen) atoms. The summed E-state index contributed by atoms with van der Waals surface area (Å²) in [5, 5.41) is 5.61. The standard InChI is InChI=1S/C23H26N2O2S/c1-17-7-8-18(2)23(15-17)24-21-11-13-25(14-12-21)28(26,27)22-10-9-19-5-3-4-6-20(19)16-22/h3-10,15-16,21,24H,11-14H2,1-2H3. The van der Waals surface area contributed by atoms with Gasteiger partial charge in [-0.15, -0.1) is 0 Å². The van der Waals surface area contributed by atoms with Gasteiger partial charge in [0.25, 0.3) is 0 Å². The number of benzene rings is 3. The zero-order valence-electron chi connectivity index (χ0n) is 16.4. The summed E-state index contributed by atoms with van der Waals surface area (Å²) in [5.74, 6) is 0. The molecular weight excluding hydrogens is 368 g/mol. The lowest BCUT2D eigenvalue weighted by Crippen LogP contribution is -2.42. The van der Waals surface area contributed by atoms with Crippen molar-refractivity contribution in [1.82, 2.24) is 4.31 Å². The van der Waals surface area contributed by atoms with E-state index in [9.17, 15) is 8.42 Å². The van der Waals surface area contributed by atoms with Gasteiger partial charge in [0, 0.05) is 24.8 Å². The van der Waals surface area contributed by atoms with Crippen LogP contribution in [0.2, 0.25) is 0 Å². The average molecular weight is 395 g/mol. The van der Waals surface area contributed by atoms with Crippen LogP contribution in [0.15, 0.2) is 65.6 Å². The Morgan fingerprint density at radius 2 is 1.61 bits per heavy atom. The van der Waals surface area contributed by atoms with E-state index in [-0.39, 0.29) is 0 Å². The quantitative estimate of drug-likeness (QED) is 0.696. The first-order chi connectivity index (χ1) is 13.4. The van der Waals surface area contributed by atoms with Crippen LogP contribution in [0.1, 0.15) is 24.0 Å². The molecular formula is C23H26N2O2S. The van der Waals surface area contributed by atoms with E-state index >= 15 is 0 Å². The summed E-state index contributed by atoms with van der Waals surface area (Å²) in [6.07, 6.45) is 1.61. The van der Waals surface area contributed by atoms with Gasteiger partial charge in [-0.05, 0) is 66.8 Å². The molecule has 5 heteroatoms. The number of hydrogen-bond donors (Lipinski definition) is 1. The van der Waals surface area contributed by atoms with Gasteiger partial charge in [-0.3, -0.25) is 0 Å². The van der Waals surface area contributed by atoms with Crippen LogP contribution in [-0.4, -0.2) is 31.9 Å². The fourth-order valence-electron chi connectivity index (χ4n) is 3.83. The van der Waals surface area contributed by atoms with Crippen molar-refractivity contribution in [1.29, 1.82) is 0 Å². The van der Waals surface area contributed by atoms with E-state index in [4.69, 9.17) is 0 Å². The first-order valence-electron chi connectivity index (χ1n) is 9.76. The van der Waals surface area contributed by atoms with Crippen molar-refractivity contribution in [3.05, 3.63) is 71.8 Å². The zero-order chi connectivity index (χ0) is 19.7. The molecule has 0 bridgehead atoms. The Morgan fingerprint density at radius 3 is 2.36 bits per heavy atom. The van der Waals surface area contributed by atoms with Gasteiger partial charge in [-0.25, -0.2) is 8.42 Å². The highest BCUT2D eigenvalue weighted by Crippen LogP contribution is 2.26. The molecule has 0 radical (unpaired) electrons. The Labute approximate surface area is 167 Å². The summed E-state index contributed by atoms with van der Waals surface area (Å²) >= 11 is 0. The third-order valence-corrected chi connectivity index (χ3v) is 7.46. The Morgan fingerprint density at radius 1 is 0.893 bits per heavy atom. The SMILES string of the molecule is Cc1ccc(C)c(NC2CCN(S(=O)(=O)c3ccc4ccccc4c3)CC2)c1. The second kappa shape index (κ2) is 7.57. The molecule has 0 spiro atoms. The van der Waals surface area contributed by atoms with Crippen molar-refractivity contribution in [3.8, 4) is 0 Å². The van der Waals surface area contributed by atoms with Gasteiger partial charge in [-0.1, -0.05) is 42.5 Å². The summed E-state index contributed by atoms with van der Waals surface area (Å²) in [5.41, 5.74) is 3.59. The first-order valence-corrected chi connectivity index (χ1v) is 11.2. The average Bonchev–Trinajstić information content (AvgIpc) is 2.71. The van der Waals surface area contributed by atoms with Gasteiger partial charge in [-0.2, -0.15) is 4.31 Å². The number of piperidine rings is 1. The number of sulfonamides is 1. The lowest BCUT2D eigenvalue weighted by atomic mass is 10.0. The molecule has 0 saturated carbocycles. The van der Waals surface area contributed by atoms with Crippen molar-refractivity contribution >= 4 is 26.5 Å². The van der Waals surface area contributed by atoms with Crippen molar-refractivity contribution in [2.24, 2.45) is 0 Å². The van der Waals surface area contributed by atoms with Crippen LogP contribution in [0.4, 0.5) is 5.69 Å². The summed E-state index contributed by atoms with van der Waals surface area (Å²) < 4.78 is 27.8. The molecule has 1 heterocycles. The van der Waals surface area contributed by atoms with Gasteiger partial charge in [0.15, 0.2) is 0 Å². The van der Waals surface area contributed by atoms with Crippen molar-refractivity contribution in [3.63, 3.8) is 0 Å². The number of anilines is 1. The van der Waals surface area contributed by atoms with E-state index < -0.39 is 10.0 Å². The summed E-state index contributed by atoms with van der Waals surface area (Å²) in [6, 6.07) is 19.9. The minimum atomic E-state index is -3.46. The topological polar surface area (TPSA) is 49.4 Å². The molecule has 1 N–H and O–H groups in total. The molecule has 0 unspecified atom stereocenters. The Bertz CT molecular complexity index is 1100. The molecule has 3 aromatic rings. The lowest BCUT2D eigenvalue weighted by Gasteiger charge is -2.32. The van der Waals surface area contributed by atoms with Crippen LogP contribution >= 0.6 is 0 Å². The van der Waals surface area contributed by atoms with E-state index in [1.165, 1.54) is 11.1 Å². The minimum absolute atomic E-state index is 0.295. The highest BCUT2D eigenvalue weighted by molar-refractivity contribution is 7.89. The fraction of sp³-hybridized carbons (Fsp3) is 0.304. The van der Waals surface area contributed by atoms with Crippen LogP contribution in [0.5, 0.6) is 0 Å². The summed E-state index contributed by atoms with van der Waals surface area (Å²) in [6.45, 7) is 5.26.